The zero-order chi connectivity index (χ0) is 33.5. The molecule has 0 saturated heterocycles. The van der Waals surface area contributed by atoms with E-state index in [1.54, 1.807) is 0 Å². The molecule has 5 heterocycles. The van der Waals surface area contributed by atoms with Crippen LogP contribution in [0.2, 0.25) is 19.6 Å². The predicted octanol–water partition coefficient (Wildman–Crippen LogP) is 9.55. The summed E-state index contributed by atoms with van der Waals surface area (Å²) < 4.78 is 8.04. The maximum Gasteiger partial charge on any atom is 0.217 e. The molecule has 249 valence electrons. The number of benzene rings is 2. The van der Waals surface area contributed by atoms with Crippen LogP contribution >= 0.6 is 0 Å². The quantitative estimate of drug-likeness (QED) is 0.128. The molecule has 7 aromatic rings. The van der Waals surface area contributed by atoms with Gasteiger partial charge in [-0.05, 0) is 86.8 Å². The fourth-order valence-electron chi connectivity index (χ4n) is 6.07. The van der Waals surface area contributed by atoms with Crippen LogP contribution in [0.3, 0.4) is 0 Å². The van der Waals surface area contributed by atoms with E-state index in [4.69, 9.17) is 9.40 Å². The van der Waals surface area contributed by atoms with Crippen molar-refractivity contribution in [2.75, 3.05) is 0 Å². The first-order valence-corrected chi connectivity index (χ1v) is 19.8. The van der Waals surface area contributed by atoms with Crippen LogP contribution < -0.4 is 5.19 Å². The number of pyridine rings is 3. The number of rotatable bonds is 5. The van der Waals surface area contributed by atoms with Crippen LogP contribution in [0.1, 0.15) is 45.9 Å². The molecule has 48 heavy (non-hydrogen) atoms. The Bertz CT molecular complexity index is 2190. The third kappa shape index (κ3) is 7.36. The summed E-state index contributed by atoms with van der Waals surface area (Å²) in [5, 5.41) is 3.38. The van der Waals surface area contributed by atoms with Crippen LogP contribution in [0.4, 0.5) is 0 Å². The van der Waals surface area contributed by atoms with Crippen molar-refractivity contribution in [1.82, 2.24) is 24.5 Å². The van der Waals surface area contributed by atoms with E-state index in [0.717, 1.165) is 56.6 Å². The van der Waals surface area contributed by atoms with Crippen molar-refractivity contribution in [2.45, 2.75) is 73.1 Å². The Balaban J connectivity index is 0.000000193. The summed E-state index contributed by atoms with van der Waals surface area (Å²) in [6.07, 6.45) is 6.36. The van der Waals surface area contributed by atoms with Gasteiger partial charge in [0.25, 0.3) is 0 Å². The Morgan fingerprint density at radius 3 is 2.31 bits per heavy atom. The minimum absolute atomic E-state index is 0. The fourth-order valence-corrected chi connectivity index (χ4v) is 7.66. The molecule has 0 aliphatic carbocycles. The van der Waals surface area contributed by atoms with Gasteiger partial charge in [-0.25, -0.2) is 4.98 Å². The number of fused-ring (bicyclic) bond motifs is 4. The van der Waals surface area contributed by atoms with Gasteiger partial charge in [0.15, 0.2) is 0 Å². The second-order valence-electron chi connectivity index (χ2n) is 14.7. The smallest absolute Gasteiger partial charge is 0.217 e. The Kier molecular flexibility index (Phi) is 10.2. The first-order chi connectivity index (χ1) is 22.3. The summed E-state index contributed by atoms with van der Waals surface area (Å²) in [6, 6.07) is 27.9. The molecular formula is C40H43IrN5OSi-2. The van der Waals surface area contributed by atoms with E-state index in [2.05, 4.69) is 117 Å². The minimum Gasteiger partial charge on any atom is -0.467 e. The van der Waals surface area contributed by atoms with Gasteiger partial charge in [0.05, 0.1) is 24.9 Å². The van der Waals surface area contributed by atoms with Crippen LogP contribution in [0.15, 0.2) is 83.4 Å². The van der Waals surface area contributed by atoms with Crippen LogP contribution in [0.5, 0.6) is 0 Å². The maximum absolute atomic E-state index is 5.80. The normalized spacial score (nSPS) is 12.0. The number of para-hydroxylation sites is 2. The number of aromatic nitrogens is 5. The first kappa shape index (κ1) is 35.3. The first-order valence-electron chi connectivity index (χ1n) is 16.3. The van der Waals surface area contributed by atoms with E-state index in [-0.39, 0.29) is 25.6 Å². The van der Waals surface area contributed by atoms with Crippen LogP contribution in [-0.2, 0) is 32.1 Å². The van der Waals surface area contributed by atoms with Crippen LogP contribution in [-0.4, -0.2) is 32.6 Å². The SMILES string of the molecule is CC(C)Cc1cc(-c2[c-]cccc2)ncc1[Si](C)(C)C.Cc1ccc2c(n1)oc1n[c-]c(-c3nc4ccccc4n3C(C)(C)C)cc12.[Ir]. The summed E-state index contributed by atoms with van der Waals surface area (Å²) in [6.45, 7) is 20.2. The van der Waals surface area contributed by atoms with Gasteiger partial charge in [0, 0.05) is 42.9 Å². The van der Waals surface area contributed by atoms with Crippen molar-refractivity contribution in [3.8, 4) is 22.6 Å². The molecule has 5 aromatic heterocycles. The molecule has 0 fully saturated rings. The molecule has 0 N–H and O–H groups in total. The zero-order valence-electron chi connectivity index (χ0n) is 29.3. The summed E-state index contributed by atoms with van der Waals surface area (Å²) in [5.74, 6) is 1.52. The second kappa shape index (κ2) is 13.9. The zero-order valence-corrected chi connectivity index (χ0v) is 32.7. The van der Waals surface area contributed by atoms with E-state index in [0.29, 0.717) is 17.3 Å². The Morgan fingerprint density at radius 2 is 1.62 bits per heavy atom. The van der Waals surface area contributed by atoms with E-state index in [1.807, 2.05) is 55.5 Å². The molecule has 8 heteroatoms. The monoisotopic (exact) mass is 830 g/mol. The number of imidazole rings is 1. The average molecular weight is 830 g/mol. The second-order valence-corrected chi connectivity index (χ2v) is 19.7. The number of nitrogens with zero attached hydrogens (tertiary/aromatic N) is 5. The molecule has 0 bridgehead atoms. The number of furan rings is 1. The van der Waals surface area contributed by atoms with E-state index < -0.39 is 8.07 Å². The Hall–Kier alpha value is -3.97. The van der Waals surface area contributed by atoms with Gasteiger partial charge in [-0.15, -0.1) is 42.0 Å². The molecule has 7 rings (SSSR count). The summed E-state index contributed by atoms with van der Waals surface area (Å²) >= 11 is 0. The van der Waals surface area contributed by atoms with Crippen LogP contribution in [0, 0.1) is 25.1 Å². The number of hydrogen-bond donors (Lipinski definition) is 0. The van der Waals surface area contributed by atoms with E-state index in [1.165, 1.54) is 10.8 Å². The molecule has 0 unspecified atom stereocenters. The van der Waals surface area contributed by atoms with Crippen molar-refractivity contribution in [2.24, 2.45) is 5.92 Å². The van der Waals surface area contributed by atoms with Crippen molar-refractivity contribution < 1.29 is 24.5 Å². The molecule has 0 aliphatic heterocycles. The van der Waals surface area contributed by atoms with Crippen molar-refractivity contribution in [3.63, 3.8) is 0 Å². The standard InChI is InChI=1S/C22H19N4O.C18H24NSi.Ir/c1-13-9-10-15-16-11-14(12-23-20(16)27-21(15)24-13)19-25-17-7-5-6-8-18(17)26(19)22(2,3)4;1-14(2)11-16-12-17(15-9-7-6-8-10-15)19-13-18(16)20(3,4)5;/h5-11H,1-4H3;6-9,12-14H,11H2,1-5H3;/q2*-1;. The van der Waals surface area contributed by atoms with Gasteiger partial charge in [-0.1, -0.05) is 62.8 Å². The van der Waals surface area contributed by atoms with Gasteiger partial charge >= 0.3 is 0 Å². The molecule has 0 spiro atoms. The summed E-state index contributed by atoms with van der Waals surface area (Å²) in [5.41, 5.74) is 8.44. The van der Waals surface area contributed by atoms with Gasteiger partial charge < -0.3 is 19.0 Å². The molecular weight excluding hydrogens is 787 g/mol. The van der Waals surface area contributed by atoms with Gasteiger partial charge in [-0.2, -0.15) is 0 Å². The minimum atomic E-state index is -1.34. The Morgan fingerprint density at radius 1 is 0.875 bits per heavy atom. The third-order valence-corrected chi connectivity index (χ3v) is 10.2. The summed E-state index contributed by atoms with van der Waals surface area (Å²) in [4.78, 5) is 18.5. The Labute approximate surface area is 298 Å². The van der Waals surface area contributed by atoms with Crippen LogP contribution in [0.25, 0.3) is 55.9 Å². The predicted molar refractivity (Wildman–Crippen MR) is 197 cm³/mol. The topological polar surface area (TPSA) is 69.6 Å². The molecule has 0 atom stereocenters. The average Bonchev–Trinajstić information content (AvgIpc) is 3.59. The maximum atomic E-state index is 5.80. The molecule has 0 aliphatic rings. The fraction of sp³-hybridized carbons (Fsp3) is 0.300. The molecule has 2 aromatic carbocycles. The van der Waals surface area contributed by atoms with E-state index >= 15 is 0 Å². The molecule has 0 saturated carbocycles. The molecule has 6 nitrogen and oxygen atoms in total. The summed E-state index contributed by atoms with van der Waals surface area (Å²) in [7, 11) is -1.34. The van der Waals surface area contributed by atoms with E-state index in [9.17, 15) is 0 Å². The van der Waals surface area contributed by atoms with Crippen molar-refractivity contribution in [3.05, 3.63) is 103 Å². The van der Waals surface area contributed by atoms with Gasteiger partial charge in [-0.3, -0.25) is 4.98 Å². The largest absolute Gasteiger partial charge is 0.467 e. The van der Waals surface area contributed by atoms with Crippen molar-refractivity contribution in [1.29, 1.82) is 0 Å². The molecule has 1 radical (unpaired) electrons. The third-order valence-electron chi connectivity index (χ3n) is 8.16. The molecule has 0 amide bonds. The van der Waals surface area contributed by atoms with Crippen molar-refractivity contribution >= 4 is 46.5 Å². The number of aryl methyl sites for hydroxylation is 1. The van der Waals surface area contributed by atoms with Gasteiger partial charge in [0.1, 0.15) is 5.71 Å². The number of hydrogen-bond acceptors (Lipinski definition) is 5. The van der Waals surface area contributed by atoms with Gasteiger partial charge in [0.2, 0.25) is 5.71 Å².